The summed E-state index contributed by atoms with van der Waals surface area (Å²) in [6.45, 7) is 5.23. The molecule has 0 amide bonds. The second-order valence-corrected chi connectivity index (χ2v) is 3.79. The van der Waals surface area contributed by atoms with Crippen molar-refractivity contribution in [2.24, 2.45) is 5.92 Å². The molecule has 1 aromatic rings. The zero-order chi connectivity index (χ0) is 12.3. The number of esters is 1. The van der Waals surface area contributed by atoms with E-state index in [0.717, 1.165) is 11.1 Å². The van der Waals surface area contributed by atoms with Gasteiger partial charge < -0.3 is 4.74 Å². The van der Waals surface area contributed by atoms with E-state index in [0.29, 0.717) is 5.69 Å². The number of ketones is 1. The molecule has 86 valence electrons. The molecule has 0 N–H and O–H groups in total. The van der Waals surface area contributed by atoms with Gasteiger partial charge in [-0.2, -0.15) is 0 Å². The third-order valence-corrected chi connectivity index (χ3v) is 2.40. The lowest BCUT2D eigenvalue weighted by Crippen LogP contribution is -2.24. The van der Waals surface area contributed by atoms with Gasteiger partial charge in [0.25, 0.3) is 0 Å². The fourth-order valence-electron chi connectivity index (χ4n) is 1.46. The van der Waals surface area contributed by atoms with Crippen LogP contribution in [0.4, 0.5) is 0 Å². The second kappa shape index (κ2) is 4.88. The van der Waals surface area contributed by atoms with E-state index in [1.54, 1.807) is 13.1 Å². The number of rotatable bonds is 3. The summed E-state index contributed by atoms with van der Waals surface area (Å²) in [4.78, 5) is 27.2. The fourth-order valence-corrected chi connectivity index (χ4v) is 1.46. The highest BCUT2D eigenvalue weighted by molar-refractivity contribution is 6.07. The van der Waals surface area contributed by atoms with Crippen molar-refractivity contribution in [1.82, 2.24) is 4.98 Å². The van der Waals surface area contributed by atoms with E-state index in [1.165, 1.54) is 14.0 Å². The fraction of sp³-hybridized carbons (Fsp3) is 0.417. The third-order valence-electron chi connectivity index (χ3n) is 2.40. The van der Waals surface area contributed by atoms with Crippen molar-refractivity contribution in [3.63, 3.8) is 0 Å². The number of hydrogen-bond acceptors (Lipinski definition) is 4. The molecule has 1 aromatic heterocycles. The number of carbonyl (C=O) groups excluding carboxylic acids is 2. The number of carbonyl (C=O) groups is 2. The molecule has 0 bridgehead atoms. The lowest BCUT2D eigenvalue weighted by atomic mass is 10.00. The monoisotopic (exact) mass is 221 g/mol. The molecule has 1 heterocycles. The highest BCUT2D eigenvalue weighted by Gasteiger charge is 2.25. The Morgan fingerprint density at radius 1 is 1.38 bits per heavy atom. The molecule has 0 saturated carbocycles. The molecular formula is C12H15NO3. The molecule has 0 aliphatic carbocycles. The lowest BCUT2D eigenvalue weighted by Gasteiger charge is -2.09. The summed E-state index contributed by atoms with van der Waals surface area (Å²) in [5.74, 6) is -1.64. The maximum absolute atomic E-state index is 11.9. The summed E-state index contributed by atoms with van der Waals surface area (Å²) in [6.07, 6.45) is 1.62. The van der Waals surface area contributed by atoms with E-state index in [4.69, 9.17) is 0 Å². The van der Waals surface area contributed by atoms with Crippen molar-refractivity contribution in [3.05, 3.63) is 29.1 Å². The lowest BCUT2D eigenvalue weighted by molar-refractivity contribution is -0.143. The summed E-state index contributed by atoms with van der Waals surface area (Å²) in [6, 6.07) is 1.87. The van der Waals surface area contributed by atoms with Crippen molar-refractivity contribution in [1.29, 1.82) is 0 Å². The van der Waals surface area contributed by atoms with Crippen molar-refractivity contribution < 1.29 is 14.3 Å². The topological polar surface area (TPSA) is 56.3 Å². The first kappa shape index (κ1) is 12.4. The Morgan fingerprint density at radius 2 is 2.00 bits per heavy atom. The molecule has 16 heavy (non-hydrogen) atoms. The van der Waals surface area contributed by atoms with Crippen LogP contribution in [0.25, 0.3) is 0 Å². The minimum absolute atomic E-state index is 0.302. The molecule has 0 fully saturated rings. The first-order chi connectivity index (χ1) is 7.47. The van der Waals surface area contributed by atoms with Crippen LogP contribution < -0.4 is 0 Å². The molecular weight excluding hydrogens is 206 g/mol. The summed E-state index contributed by atoms with van der Waals surface area (Å²) < 4.78 is 4.53. The highest BCUT2D eigenvalue weighted by Crippen LogP contribution is 2.13. The number of hydrogen-bond donors (Lipinski definition) is 0. The predicted octanol–water partition coefficient (Wildman–Crippen LogP) is 1.69. The Bertz CT molecular complexity index is 426. The molecule has 1 atom stereocenters. The van der Waals surface area contributed by atoms with Gasteiger partial charge in [0.15, 0.2) is 5.78 Å². The smallest absolute Gasteiger partial charge is 0.316 e. The van der Waals surface area contributed by atoms with E-state index in [9.17, 15) is 9.59 Å². The van der Waals surface area contributed by atoms with Crippen molar-refractivity contribution in [2.45, 2.75) is 20.8 Å². The molecule has 4 heteroatoms. The van der Waals surface area contributed by atoms with Crippen LogP contribution in [0.2, 0.25) is 0 Å². The molecule has 0 aliphatic rings. The van der Waals surface area contributed by atoms with Crippen LogP contribution in [0.15, 0.2) is 12.3 Å². The second-order valence-electron chi connectivity index (χ2n) is 3.79. The molecule has 0 radical (unpaired) electrons. The summed E-state index contributed by atoms with van der Waals surface area (Å²) in [5.41, 5.74) is 2.10. The molecule has 0 saturated heterocycles. The number of aryl methyl sites for hydroxylation is 2. The number of pyridine rings is 1. The average Bonchev–Trinajstić information content (AvgIpc) is 2.26. The van der Waals surface area contributed by atoms with Gasteiger partial charge in [0, 0.05) is 6.20 Å². The van der Waals surface area contributed by atoms with Crippen LogP contribution >= 0.6 is 0 Å². The Labute approximate surface area is 94.6 Å². The van der Waals surface area contributed by atoms with Gasteiger partial charge in [0.1, 0.15) is 11.6 Å². The molecule has 0 aromatic carbocycles. The number of nitrogens with zero attached hydrogens (tertiary/aromatic N) is 1. The first-order valence-corrected chi connectivity index (χ1v) is 5.02. The quantitative estimate of drug-likeness (QED) is 0.443. The van der Waals surface area contributed by atoms with E-state index >= 15 is 0 Å². The van der Waals surface area contributed by atoms with Gasteiger partial charge in [-0.15, -0.1) is 0 Å². The Hall–Kier alpha value is -1.71. The van der Waals surface area contributed by atoms with Crippen LogP contribution in [-0.2, 0) is 9.53 Å². The van der Waals surface area contributed by atoms with Gasteiger partial charge in [0.2, 0.25) is 0 Å². The molecule has 4 nitrogen and oxygen atoms in total. The van der Waals surface area contributed by atoms with Crippen molar-refractivity contribution in [3.8, 4) is 0 Å². The van der Waals surface area contributed by atoms with Crippen molar-refractivity contribution >= 4 is 11.8 Å². The van der Waals surface area contributed by atoms with Gasteiger partial charge >= 0.3 is 5.97 Å². The normalized spacial score (nSPS) is 12.0. The highest BCUT2D eigenvalue weighted by atomic mass is 16.5. The molecule has 1 unspecified atom stereocenters. The van der Waals surface area contributed by atoms with Crippen molar-refractivity contribution in [2.75, 3.05) is 7.11 Å². The van der Waals surface area contributed by atoms with Gasteiger partial charge in [-0.3, -0.25) is 14.6 Å². The summed E-state index contributed by atoms with van der Waals surface area (Å²) in [7, 11) is 1.27. The van der Waals surface area contributed by atoms with E-state index in [-0.39, 0.29) is 5.78 Å². The van der Waals surface area contributed by atoms with E-state index in [1.807, 2.05) is 13.0 Å². The SMILES string of the molecule is COC(=O)C(C)C(=O)c1ncc(C)cc1C. The minimum Gasteiger partial charge on any atom is -0.468 e. The number of ether oxygens (including phenoxy) is 1. The van der Waals surface area contributed by atoms with Gasteiger partial charge in [-0.1, -0.05) is 6.07 Å². The zero-order valence-electron chi connectivity index (χ0n) is 9.90. The molecule has 1 rings (SSSR count). The number of methoxy groups -OCH3 is 1. The van der Waals surface area contributed by atoms with Gasteiger partial charge in [-0.25, -0.2) is 0 Å². The summed E-state index contributed by atoms with van der Waals surface area (Å²) in [5, 5.41) is 0. The largest absolute Gasteiger partial charge is 0.468 e. The predicted molar refractivity (Wildman–Crippen MR) is 59.2 cm³/mol. The Balaban J connectivity index is 3.01. The third kappa shape index (κ3) is 2.45. The zero-order valence-corrected chi connectivity index (χ0v) is 9.90. The van der Waals surface area contributed by atoms with Crippen LogP contribution in [0.5, 0.6) is 0 Å². The minimum atomic E-state index is -0.807. The summed E-state index contributed by atoms with van der Waals surface area (Å²) >= 11 is 0. The van der Waals surface area contributed by atoms with E-state index in [2.05, 4.69) is 9.72 Å². The number of Topliss-reactive ketones (excluding diaryl/α,β-unsaturated/α-hetero) is 1. The number of aromatic nitrogens is 1. The molecule has 0 aliphatic heterocycles. The Morgan fingerprint density at radius 3 is 2.50 bits per heavy atom. The average molecular weight is 221 g/mol. The maximum atomic E-state index is 11.9. The maximum Gasteiger partial charge on any atom is 0.316 e. The standard InChI is InChI=1S/C12H15NO3/c1-7-5-8(2)10(13-6-7)11(14)9(3)12(15)16-4/h5-6,9H,1-4H3. The first-order valence-electron chi connectivity index (χ1n) is 5.02. The van der Waals surface area contributed by atoms with Crippen LogP contribution in [0.3, 0.4) is 0 Å². The van der Waals surface area contributed by atoms with Crippen LogP contribution in [0, 0.1) is 19.8 Å². The van der Waals surface area contributed by atoms with Gasteiger partial charge in [0.05, 0.1) is 7.11 Å². The van der Waals surface area contributed by atoms with Crippen LogP contribution in [-0.4, -0.2) is 23.8 Å². The Kier molecular flexibility index (Phi) is 3.77. The van der Waals surface area contributed by atoms with Crippen LogP contribution in [0.1, 0.15) is 28.5 Å². The van der Waals surface area contributed by atoms with E-state index < -0.39 is 11.9 Å². The van der Waals surface area contributed by atoms with Gasteiger partial charge in [-0.05, 0) is 31.9 Å². The molecule has 0 spiro atoms.